The lowest BCUT2D eigenvalue weighted by Crippen LogP contribution is -2.35. The van der Waals surface area contributed by atoms with Crippen molar-refractivity contribution < 1.29 is 13.2 Å². The van der Waals surface area contributed by atoms with Gasteiger partial charge in [0, 0.05) is 0 Å². The van der Waals surface area contributed by atoms with Crippen LogP contribution in [0.25, 0.3) is 0 Å². The number of nitrogens with two attached hydrogens (primary N) is 1. The summed E-state index contributed by atoms with van der Waals surface area (Å²) in [4.78, 5) is 11.8. The van der Waals surface area contributed by atoms with E-state index in [0.717, 1.165) is 0 Å². The molecular formula is C12H17N3O3S. The molecule has 1 atom stereocenters. The molecule has 0 saturated heterocycles. The Morgan fingerprint density at radius 2 is 2.11 bits per heavy atom. The Balaban J connectivity index is 3.03. The second kappa shape index (κ2) is 6.46. The molecule has 0 aliphatic heterocycles. The number of sulfonamides is 1. The summed E-state index contributed by atoms with van der Waals surface area (Å²) < 4.78 is 25.8. The van der Waals surface area contributed by atoms with Crippen molar-refractivity contribution in [3.8, 4) is 0 Å². The van der Waals surface area contributed by atoms with Crippen LogP contribution in [0, 0.1) is 0 Å². The molecule has 1 unspecified atom stereocenters. The molecule has 1 aromatic carbocycles. The molecule has 0 spiro atoms. The Bertz CT molecular complexity index is 569. The smallest absolute Gasteiger partial charge is 0.242 e. The Morgan fingerprint density at radius 1 is 1.47 bits per heavy atom. The van der Waals surface area contributed by atoms with Crippen molar-refractivity contribution in [3.05, 3.63) is 36.9 Å². The SMILES string of the molecule is C=CCC(N)C(=O)Nc1ccccc1S(=O)(=O)NC. The molecule has 4 N–H and O–H groups in total. The van der Waals surface area contributed by atoms with Gasteiger partial charge in [0.05, 0.1) is 11.7 Å². The van der Waals surface area contributed by atoms with Crippen LogP contribution in [-0.2, 0) is 14.8 Å². The van der Waals surface area contributed by atoms with Gasteiger partial charge in [-0.25, -0.2) is 13.1 Å². The number of rotatable bonds is 6. The first-order valence-electron chi connectivity index (χ1n) is 5.62. The molecule has 19 heavy (non-hydrogen) atoms. The van der Waals surface area contributed by atoms with Gasteiger partial charge < -0.3 is 11.1 Å². The molecule has 1 amide bonds. The van der Waals surface area contributed by atoms with Crippen LogP contribution < -0.4 is 15.8 Å². The number of nitrogens with one attached hydrogen (secondary N) is 2. The van der Waals surface area contributed by atoms with E-state index in [2.05, 4.69) is 16.6 Å². The fourth-order valence-corrected chi connectivity index (χ4v) is 2.31. The molecule has 0 heterocycles. The highest BCUT2D eigenvalue weighted by Crippen LogP contribution is 2.20. The molecule has 0 aliphatic carbocycles. The van der Waals surface area contributed by atoms with E-state index in [-0.39, 0.29) is 10.6 Å². The third kappa shape index (κ3) is 3.88. The van der Waals surface area contributed by atoms with Crippen LogP contribution >= 0.6 is 0 Å². The van der Waals surface area contributed by atoms with E-state index >= 15 is 0 Å². The summed E-state index contributed by atoms with van der Waals surface area (Å²) in [5, 5.41) is 2.50. The van der Waals surface area contributed by atoms with Gasteiger partial charge in [0.2, 0.25) is 15.9 Å². The van der Waals surface area contributed by atoms with Crippen LogP contribution in [0.4, 0.5) is 5.69 Å². The minimum atomic E-state index is -3.64. The third-order valence-electron chi connectivity index (χ3n) is 2.46. The highest BCUT2D eigenvalue weighted by atomic mass is 32.2. The Labute approximate surface area is 112 Å². The summed E-state index contributed by atoms with van der Waals surface area (Å²) in [6.45, 7) is 3.49. The van der Waals surface area contributed by atoms with E-state index in [1.807, 2.05) is 0 Å². The van der Waals surface area contributed by atoms with Gasteiger partial charge >= 0.3 is 0 Å². The number of hydrogen-bond acceptors (Lipinski definition) is 4. The standard InChI is InChI=1S/C12H17N3O3S/c1-3-6-9(13)12(16)15-10-7-4-5-8-11(10)19(17,18)14-2/h3-5,7-9,14H,1,6,13H2,2H3,(H,15,16). The fourth-order valence-electron chi connectivity index (χ4n) is 1.43. The lowest BCUT2D eigenvalue weighted by Gasteiger charge is -2.13. The average Bonchev–Trinajstić information content (AvgIpc) is 2.39. The van der Waals surface area contributed by atoms with E-state index in [1.165, 1.54) is 25.3 Å². The Morgan fingerprint density at radius 3 is 2.68 bits per heavy atom. The molecular weight excluding hydrogens is 266 g/mol. The summed E-state index contributed by atoms with van der Waals surface area (Å²) in [6.07, 6.45) is 1.84. The van der Waals surface area contributed by atoms with Crippen molar-refractivity contribution in [1.82, 2.24) is 4.72 Å². The van der Waals surface area contributed by atoms with Crippen molar-refractivity contribution >= 4 is 21.6 Å². The first kappa shape index (κ1) is 15.4. The quantitative estimate of drug-likeness (QED) is 0.659. The largest absolute Gasteiger partial charge is 0.324 e. The zero-order chi connectivity index (χ0) is 14.5. The van der Waals surface area contributed by atoms with Gasteiger partial charge in [-0.2, -0.15) is 0 Å². The van der Waals surface area contributed by atoms with E-state index in [4.69, 9.17) is 5.73 Å². The zero-order valence-electron chi connectivity index (χ0n) is 10.6. The number of para-hydroxylation sites is 1. The van der Waals surface area contributed by atoms with E-state index < -0.39 is 22.0 Å². The van der Waals surface area contributed by atoms with Crippen molar-refractivity contribution in [2.24, 2.45) is 5.73 Å². The molecule has 1 aromatic rings. The predicted molar refractivity (Wildman–Crippen MR) is 74.1 cm³/mol. The average molecular weight is 283 g/mol. The van der Waals surface area contributed by atoms with Crippen molar-refractivity contribution in [2.45, 2.75) is 17.4 Å². The fraction of sp³-hybridized carbons (Fsp3) is 0.250. The van der Waals surface area contributed by atoms with Gasteiger partial charge in [0.15, 0.2) is 0 Å². The zero-order valence-corrected chi connectivity index (χ0v) is 11.4. The van der Waals surface area contributed by atoms with Gasteiger partial charge in [-0.1, -0.05) is 18.2 Å². The van der Waals surface area contributed by atoms with Crippen molar-refractivity contribution in [1.29, 1.82) is 0 Å². The molecule has 104 valence electrons. The lowest BCUT2D eigenvalue weighted by molar-refractivity contribution is -0.117. The first-order chi connectivity index (χ1) is 8.92. The maximum Gasteiger partial charge on any atom is 0.242 e. The highest BCUT2D eigenvalue weighted by molar-refractivity contribution is 7.89. The number of carbonyl (C=O) groups is 1. The number of carbonyl (C=O) groups excluding carboxylic acids is 1. The number of amides is 1. The minimum absolute atomic E-state index is 0.00310. The van der Waals surface area contributed by atoms with Crippen LogP contribution in [0.5, 0.6) is 0 Å². The van der Waals surface area contributed by atoms with Gasteiger partial charge in [-0.05, 0) is 25.6 Å². The molecule has 7 heteroatoms. The summed E-state index contributed by atoms with van der Waals surface area (Å²) in [5.74, 6) is -0.460. The monoisotopic (exact) mass is 283 g/mol. The second-order valence-corrected chi connectivity index (χ2v) is 5.68. The molecule has 1 rings (SSSR count). The van der Waals surface area contributed by atoms with Crippen LogP contribution in [0.1, 0.15) is 6.42 Å². The maximum absolute atomic E-state index is 11.8. The van der Waals surface area contributed by atoms with Gasteiger partial charge in [-0.15, -0.1) is 6.58 Å². The summed E-state index contributed by atoms with van der Waals surface area (Å²) in [6, 6.07) is 5.35. The molecule has 0 saturated carbocycles. The third-order valence-corrected chi connectivity index (χ3v) is 3.93. The molecule has 0 radical (unpaired) electrons. The number of hydrogen-bond donors (Lipinski definition) is 3. The molecule has 6 nitrogen and oxygen atoms in total. The Hall–Kier alpha value is -1.70. The van der Waals surface area contributed by atoms with Crippen LogP contribution in [0.15, 0.2) is 41.8 Å². The molecule has 0 fully saturated rings. The number of anilines is 1. The van der Waals surface area contributed by atoms with Gasteiger partial charge in [0.1, 0.15) is 4.90 Å². The van der Waals surface area contributed by atoms with Gasteiger partial charge in [-0.3, -0.25) is 4.79 Å². The molecule has 0 bridgehead atoms. The molecule has 0 aliphatic rings. The maximum atomic E-state index is 11.8. The molecule has 0 aromatic heterocycles. The number of benzene rings is 1. The summed E-state index contributed by atoms with van der Waals surface area (Å²) in [5.41, 5.74) is 5.81. The van der Waals surface area contributed by atoms with Crippen LogP contribution in [-0.4, -0.2) is 27.4 Å². The van der Waals surface area contributed by atoms with Crippen LogP contribution in [0.2, 0.25) is 0 Å². The van der Waals surface area contributed by atoms with E-state index in [0.29, 0.717) is 6.42 Å². The summed E-state index contributed by atoms with van der Waals surface area (Å²) in [7, 11) is -2.34. The summed E-state index contributed by atoms with van der Waals surface area (Å²) >= 11 is 0. The first-order valence-corrected chi connectivity index (χ1v) is 7.10. The van der Waals surface area contributed by atoms with Crippen molar-refractivity contribution in [2.75, 3.05) is 12.4 Å². The van der Waals surface area contributed by atoms with Crippen LogP contribution in [0.3, 0.4) is 0 Å². The van der Waals surface area contributed by atoms with Crippen molar-refractivity contribution in [3.63, 3.8) is 0 Å². The lowest BCUT2D eigenvalue weighted by atomic mass is 10.2. The predicted octanol–water partition coefficient (Wildman–Crippen LogP) is 0.437. The van der Waals surface area contributed by atoms with E-state index in [9.17, 15) is 13.2 Å². The van der Waals surface area contributed by atoms with E-state index in [1.54, 1.807) is 12.1 Å². The second-order valence-electron chi connectivity index (χ2n) is 3.82. The van der Waals surface area contributed by atoms with Gasteiger partial charge in [0.25, 0.3) is 0 Å². The Kier molecular flexibility index (Phi) is 5.22. The minimum Gasteiger partial charge on any atom is -0.324 e. The normalized spacial score (nSPS) is 12.7. The highest BCUT2D eigenvalue weighted by Gasteiger charge is 2.19. The topological polar surface area (TPSA) is 101 Å².